The molecule has 5 heterocycles. The molecule has 2 unspecified atom stereocenters. The summed E-state index contributed by atoms with van der Waals surface area (Å²) >= 11 is 5.53. The fourth-order valence-corrected chi connectivity index (χ4v) is 17.5. The monoisotopic (exact) mass is 849 g/mol. The summed E-state index contributed by atoms with van der Waals surface area (Å²) in [6.45, 7) is 27.1. The number of rotatable bonds is 18. The maximum absolute atomic E-state index is 14.1. The second-order valence-corrected chi connectivity index (χ2v) is 23.4. The summed E-state index contributed by atoms with van der Waals surface area (Å²) in [6.07, 6.45) is 16.5. The molecule has 2 atom stereocenters. The Balaban J connectivity index is 0.00000137. The molecule has 0 spiro atoms. The van der Waals surface area contributed by atoms with Gasteiger partial charge in [0.15, 0.2) is 0 Å². The van der Waals surface area contributed by atoms with Crippen LogP contribution in [0.25, 0.3) is 19.5 Å². The molecule has 2 amide bonds. The maximum Gasteiger partial charge on any atom is 0.263 e. The Hall–Kier alpha value is -2.19. The van der Waals surface area contributed by atoms with Crippen molar-refractivity contribution in [1.29, 1.82) is 0 Å². The van der Waals surface area contributed by atoms with Crippen LogP contribution in [-0.2, 0) is 11.8 Å². The van der Waals surface area contributed by atoms with Gasteiger partial charge in [0.05, 0.1) is 25.8 Å². The smallest absolute Gasteiger partial charge is 0.263 e. The van der Waals surface area contributed by atoms with Gasteiger partial charge < -0.3 is 0 Å². The van der Waals surface area contributed by atoms with E-state index in [1.807, 2.05) is 43.4 Å². The molecule has 0 N–H and O–H groups in total. The Bertz CT molecular complexity index is 1890. The van der Waals surface area contributed by atoms with Crippen LogP contribution in [0.1, 0.15) is 196 Å². The molecule has 6 rings (SSSR count). The molecule has 0 radical (unpaired) electrons. The minimum Gasteiger partial charge on any atom is -0.274 e. The Morgan fingerprint density at radius 1 is 0.684 bits per heavy atom. The molecule has 2 aliphatic heterocycles. The first-order valence-corrected chi connectivity index (χ1v) is 26.8. The van der Waals surface area contributed by atoms with Crippen LogP contribution in [0.3, 0.4) is 0 Å². The summed E-state index contributed by atoms with van der Waals surface area (Å²) in [5.41, 5.74) is 2.81. The number of hydrogen-bond donors (Lipinski definition) is 0. The standard InChI is InChI=1S/C45H61NO2S4.C3H8.C2H6/c1-9-13-16-17-18-19-26-46-43(47)38-30(5)49-40(39(38)44(46)48)34-27-35-41(50-34)42-36(28-37(51-42)45(6,7)8)52(35,29-31(12-4)20-14-10-2)33-24-22-32(23-25-33)21-15-11-3;1-3-2;1-2/h22-25,27-28,31H,9-21,26,29H2,1-8H3;3H2,1-2H3;1-2H3. The van der Waals surface area contributed by atoms with Crippen LogP contribution < -0.4 is 0 Å². The number of amides is 2. The van der Waals surface area contributed by atoms with Crippen LogP contribution in [0.2, 0.25) is 0 Å². The number of fused-ring (bicyclic) bond motifs is 4. The van der Waals surface area contributed by atoms with E-state index in [1.165, 1.54) is 106 Å². The number of unbranched alkanes of at least 4 members (excludes halogenated alkanes) is 7. The number of carbonyl (C=O) groups excluding carboxylic acids is 2. The Morgan fingerprint density at radius 2 is 1.26 bits per heavy atom. The molecule has 4 aromatic rings. The first-order valence-electron chi connectivity index (χ1n) is 22.6. The predicted molar refractivity (Wildman–Crippen MR) is 256 cm³/mol. The van der Waals surface area contributed by atoms with Crippen molar-refractivity contribution in [3.8, 4) is 19.5 Å². The molecule has 316 valence electrons. The summed E-state index contributed by atoms with van der Waals surface area (Å²) in [5.74, 6) is 1.63. The Kier molecular flexibility index (Phi) is 18.2. The van der Waals surface area contributed by atoms with Gasteiger partial charge in [0.1, 0.15) is 0 Å². The van der Waals surface area contributed by atoms with Crippen LogP contribution in [-0.4, -0.2) is 29.0 Å². The predicted octanol–water partition coefficient (Wildman–Crippen LogP) is 17.4. The molecule has 2 aliphatic rings. The third-order valence-electron chi connectivity index (χ3n) is 11.2. The molecule has 1 aromatic carbocycles. The number of thiophene rings is 3. The SMILES string of the molecule is CC.CCC.CCCCCCCCN1C(=O)c2c(C)sc(-c3cc4c(s3)-c3sc(C(C)(C)C)cc3S4(CC(CC)CCCC)c3ccc(CCCC)cc3)c2C1=O. The molecule has 57 heavy (non-hydrogen) atoms. The van der Waals surface area contributed by atoms with Gasteiger partial charge in [0, 0.05) is 31.0 Å². The van der Waals surface area contributed by atoms with E-state index < -0.39 is 10.0 Å². The topological polar surface area (TPSA) is 37.4 Å². The van der Waals surface area contributed by atoms with E-state index >= 15 is 0 Å². The summed E-state index contributed by atoms with van der Waals surface area (Å²) in [6, 6.07) is 14.9. The van der Waals surface area contributed by atoms with Gasteiger partial charge in [-0.25, -0.2) is 0 Å². The van der Waals surface area contributed by atoms with Crippen LogP contribution in [0.4, 0.5) is 0 Å². The Labute approximate surface area is 361 Å². The fraction of sp³-hybridized carbons (Fsp3) is 0.600. The van der Waals surface area contributed by atoms with Crippen molar-refractivity contribution in [1.82, 2.24) is 4.90 Å². The Morgan fingerprint density at radius 3 is 1.88 bits per heavy atom. The number of aryl methyl sites for hydroxylation is 2. The summed E-state index contributed by atoms with van der Waals surface area (Å²) in [5, 5.41) is 0. The summed E-state index contributed by atoms with van der Waals surface area (Å²) in [4.78, 5) is 41.5. The van der Waals surface area contributed by atoms with Gasteiger partial charge in [-0.15, -0.1) is 34.0 Å². The summed E-state index contributed by atoms with van der Waals surface area (Å²) in [7, 11) is -1.57. The first kappa shape index (κ1) is 47.5. The van der Waals surface area contributed by atoms with Crippen molar-refractivity contribution >= 4 is 55.9 Å². The molecule has 3 aromatic heterocycles. The highest BCUT2D eigenvalue weighted by molar-refractivity contribution is 8.34. The van der Waals surface area contributed by atoms with Crippen LogP contribution in [0, 0.1) is 12.8 Å². The lowest BCUT2D eigenvalue weighted by Gasteiger charge is -2.41. The van der Waals surface area contributed by atoms with Gasteiger partial charge in [0.25, 0.3) is 11.8 Å². The molecule has 3 nitrogen and oxygen atoms in total. The molecule has 0 bridgehead atoms. The highest BCUT2D eigenvalue weighted by Gasteiger charge is 2.47. The van der Waals surface area contributed by atoms with Crippen LogP contribution >= 0.6 is 44.0 Å². The molecule has 7 heteroatoms. The lowest BCUT2D eigenvalue weighted by Crippen LogP contribution is -2.31. The zero-order valence-corrected chi connectivity index (χ0v) is 41.0. The van der Waals surface area contributed by atoms with E-state index in [0.29, 0.717) is 23.6 Å². The molecule has 0 fully saturated rings. The van der Waals surface area contributed by atoms with Gasteiger partial charge in [-0.1, -0.05) is 153 Å². The van der Waals surface area contributed by atoms with Crippen LogP contribution in [0.15, 0.2) is 51.1 Å². The third kappa shape index (κ3) is 10.2. The third-order valence-corrected chi connectivity index (χ3v) is 19.8. The van der Waals surface area contributed by atoms with E-state index in [-0.39, 0.29) is 17.2 Å². The zero-order valence-electron chi connectivity index (χ0n) is 37.8. The minimum atomic E-state index is -1.57. The largest absolute Gasteiger partial charge is 0.274 e. The van der Waals surface area contributed by atoms with E-state index in [2.05, 4.69) is 98.7 Å². The van der Waals surface area contributed by atoms with Crippen molar-refractivity contribution in [2.45, 2.75) is 193 Å². The first-order chi connectivity index (χ1) is 27.4. The van der Waals surface area contributed by atoms with Crippen LogP contribution in [0.5, 0.6) is 0 Å². The average molecular weight is 850 g/mol. The average Bonchev–Trinajstić information content (AvgIpc) is 4.00. The molecular weight excluding hydrogens is 775 g/mol. The van der Waals surface area contributed by atoms with Gasteiger partial charge in [0.2, 0.25) is 0 Å². The number of carbonyl (C=O) groups is 2. The van der Waals surface area contributed by atoms with Crippen molar-refractivity contribution < 1.29 is 9.59 Å². The van der Waals surface area contributed by atoms with Crippen molar-refractivity contribution in [2.75, 3.05) is 12.3 Å². The molecule has 0 saturated carbocycles. The zero-order chi connectivity index (χ0) is 41.9. The van der Waals surface area contributed by atoms with Crippen molar-refractivity contribution in [2.24, 2.45) is 5.92 Å². The van der Waals surface area contributed by atoms with E-state index in [1.54, 1.807) is 21.1 Å². The molecule has 0 aliphatic carbocycles. The molecular formula is C50H75NO2S4. The summed E-state index contributed by atoms with van der Waals surface area (Å²) < 4.78 is 0. The number of benzene rings is 1. The second kappa shape index (κ2) is 21.9. The van der Waals surface area contributed by atoms with E-state index in [9.17, 15) is 9.59 Å². The quantitative estimate of drug-likeness (QED) is 0.0739. The highest BCUT2D eigenvalue weighted by atomic mass is 32.3. The van der Waals surface area contributed by atoms with Gasteiger partial charge >= 0.3 is 0 Å². The van der Waals surface area contributed by atoms with Crippen molar-refractivity contribution in [3.63, 3.8) is 0 Å². The number of hydrogen-bond acceptors (Lipinski definition) is 5. The number of nitrogens with zero attached hydrogens (tertiary/aromatic N) is 1. The number of imide groups is 1. The van der Waals surface area contributed by atoms with E-state index in [4.69, 9.17) is 0 Å². The lowest BCUT2D eigenvalue weighted by atomic mass is 9.95. The van der Waals surface area contributed by atoms with Gasteiger partial charge in [-0.05, 0) is 84.4 Å². The normalized spacial score (nSPS) is 17.3. The maximum atomic E-state index is 14.1. The molecule has 0 saturated heterocycles. The fourth-order valence-electron chi connectivity index (χ4n) is 8.03. The highest BCUT2D eigenvalue weighted by Crippen LogP contribution is 2.80. The van der Waals surface area contributed by atoms with Crippen molar-refractivity contribution in [3.05, 3.63) is 62.8 Å². The minimum absolute atomic E-state index is 0.0642. The van der Waals surface area contributed by atoms with Gasteiger partial charge in [-0.3, -0.25) is 14.5 Å². The van der Waals surface area contributed by atoms with E-state index in [0.717, 1.165) is 33.9 Å². The van der Waals surface area contributed by atoms with Gasteiger partial charge in [-0.2, -0.15) is 10.0 Å². The second-order valence-electron chi connectivity index (χ2n) is 16.9. The lowest BCUT2D eigenvalue weighted by molar-refractivity contribution is 0.0651.